The van der Waals surface area contributed by atoms with Gasteiger partial charge in [-0.15, -0.1) is 10.2 Å². The zero-order valence-corrected chi connectivity index (χ0v) is 12.3. The van der Waals surface area contributed by atoms with E-state index in [9.17, 15) is 5.11 Å². The smallest absolute Gasteiger partial charge is 0.155 e. The van der Waals surface area contributed by atoms with Gasteiger partial charge in [0, 0.05) is 12.6 Å². The van der Waals surface area contributed by atoms with Crippen LogP contribution in [0.4, 0.5) is 5.82 Å². The van der Waals surface area contributed by atoms with Gasteiger partial charge in [0.1, 0.15) is 0 Å². The minimum Gasteiger partial charge on any atom is -0.395 e. The van der Waals surface area contributed by atoms with Crippen molar-refractivity contribution in [1.82, 2.24) is 10.2 Å². The quantitative estimate of drug-likeness (QED) is 0.864. The molecule has 0 radical (unpaired) electrons. The predicted octanol–water partition coefficient (Wildman–Crippen LogP) is 2.73. The first-order valence-electron chi connectivity index (χ1n) is 6.43. The average Bonchev–Trinajstić information content (AvgIpc) is 2.37. The van der Waals surface area contributed by atoms with Gasteiger partial charge >= 0.3 is 0 Å². The highest BCUT2D eigenvalue weighted by Gasteiger charge is 2.20. The van der Waals surface area contributed by atoms with Crippen molar-refractivity contribution < 1.29 is 5.11 Å². The molecule has 0 atom stereocenters. The molecule has 0 amide bonds. The molecule has 1 aromatic heterocycles. The number of halogens is 1. The lowest BCUT2D eigenvalue weighted by molar-refractivity contribution is 0.295. The summed E-state index contributed by atoms with van der Waals surface area (Å²) < 4.78 is 0. The zero-order chi connectivity index (χ0) is 13.7. The van der Waals surface area contributed by atoms with Crippen LogP contribution in [0.1, 0.15) is 37.8 Å². The Bertz CT molecular complexity index is 394. The molecule has 1 aromatic rings. The Hall–Kier alpha value is -0.870. The van der Waals surface area contributed by atoms with Crippen molar-refractivity contribution in [1.29, 1.82) is 0 Å². The summed E-state index contributed by atoms with van der Waals surface area (Å²) in [6.45, 7) is 8.91. The van der Waals surface area contributed by atoms with Gasteiger partial charge in [-0.2, -0.15) is 0 Å². The highest BCUT2D eigenvalue weighted by molar-refractivity contribution is 6.30. The summed E-state index contributed by atoms with van der Waals surface area (Å²) in [6.07, 6.45) is 2.03. The Morgan fingerprint density at radius 2 is 1.78 bits per heavy atom. The molecule has 0 aliphatic carbocycles. The summed E-state index contributed by atoms with van der Waals surface area (Å²) in [5.41, 5.74) is 1.99. The summed E-state index contributed by atoms with van der Waals surface area (Å²) in [5.74, 6) is 0.833. The number of anilines is 1. The molecule has 0 unspecified atom stereocenters. The fourth-order valence-corrected chi connectivity index (χ4v) is 2.31. The molecule has 0 aliphatic heterocycles. The van der Waals surface area contributed by atoms with Crippen LogP contribution in [0, 0.1) is 13.8 Å². The minimum absolute atomic E-state index is 0.110. The highest BCUT2D eigenvalue weighted by Crippen LogP contribution is 2.26. The first kappa shape index (κ1) is 15.2. The molecule has 0 spiro atoms. The Labute approximate surface area is 114 Å². The number of hydrogen-bond donors (Lipinski definition) is 1. The van der Waals surface area contributed by atoms with E-state index in [4.69, 9.17) is 11.6 Å². The predicted molar refractivity (Wildman–Crippen MR) is 75.3 cm³/mol. The van der Waals surface area contributed by atoms with Gasteiger partial charge in [-0.25, -0.2) is 0 Å². The lowest BCUT2D eigenvalue weighted by Crippen LogP contribution is -2.38. The van der Waals surface area contributed by atoms with Crippen LogP contribution >= 0.6 is 11.6 Å². The van der Waals surface area contributed by atoms with Gasteiger partial charge in [0.15, 0.2) is 11.0 Å². The fraction of sp³-hybridized carbons (Fsp3) is 0.692. The maximum absolute atomic E-state index is 9.24. The van der Waals surface area contributed by atoms with Crippen molar-refractivity contribution in [2.75, 3.05) is 18.1 Å². The molecule has 0 aromatic carbocycles. The standard InChI is InChI=1S/C13H22ClN3O/c1-5-11(6-2)17(7-8-18)13-10(4)9(3)12(14)15-16-13/h11,18H,5-8H2,1-4H3. The van der Waals surface area contributed by atoms with E-state index in [2.05, 4.69) is 28.9 Å². The molecule has 1 rings (SSSR count). The van der Waals surface area contributed by atoms with Crippen molar-refractivity contribution in [3.63, 3.8) is 0 Å². The molecule has 0 saturated carbocycles. The van der Waals surface area contributed by atoms with Gasteiger partial charge in [0.2, 0.25) is 0 Å². The topological polar surface area (TPSA) is 49.2 Å². The van der Waals surface area contributed by atoms with E-state index in [1.54, 1.807) is 0 Å². The van der Waals surface area contributed by atoms with Crippen LogP contribution in [0.15, 0.2) is 0 Å². The van der Waals surface area contributed by atoms with E-state index >= 15 is 0 Å². The summed E-state index contributed by atoms with van der Waals surface area (Å²) in [7, 11) is 0. The number of nitrogens with zero attached hydrogens (tertiary/aromatic N) is 3. The Morgan fingerprint density at radius 3 is 2.28 bits per heavy atom. The summed E-state index contributed by atoms with van der Waals surface area (Å²) >= 11 is 5.97. The second-order valence-electron chi connectivity index (χ2n) is 4.45. The second-order valence-corrected chi connectivity index (χ2v) is 4.81. The third-order valence-electron chi connectivity index (χ3n) is 3.44. The van der Waals surface area contributed by atoms with Crippen LogP contribution in [0.5, 0.6) is 0 Å². The second kappa shape index (κ2) is 6.90. The van der Waals surface area contributed by atoms with Crippen molar-refractivity contribution in [3.05, 3.63) is 16.3 Å². The number of aromatic nitrogens is 2. The van der Waals surface area contributed by atoms with E-state index in [0.717, 1.165) is 29.8 Å². The van der Waals surface area contributed by atoms with E-state index in [0.29, 0.717) is 17.7 Å². The molecule has 5 heteroatoms. The summed E-state index contributed by atoms with van der Waals surface area (Å²) in [6, 6.07) is 0.366. The molecule has 102 valence electrons. The zero-order valence-electron chi connectivity index (χ0n) is 11.6. The lowest BCUT2D eigenvalue weighted by atomic mass is 10.1. The maximum atomic E-state index is 9.24. The highest BCUT2D eigenvalue weighted by atomic mass is 35.5. The third-order valence-corrected chi connectivity index (χ3v) is 3.80. The number of rotatable bonds is 6. The number of hydrogen-bond acceptors (Lipinski definition) is 4. The van der Waals surface area contributed by atoms with Gasteiger partial charge in [0.05, 0.1) is 6.61 Å². The third kappa shape index (κ3) is 3.12. The maximum Gasteiger partial charge on any atom is 0.155 e. The molecule has 1 N–H and O–H groups in total. The molecule has 0 aliphatic rings. The van der Waals surface area contributed by atoms with Crippen LogP contribution in [0.2, 0.25) is 5.15 Å². The minimum atomic E-state index is 0.110. The molecule has 4 nitrogen and oxygen atoms in total. The van der Waals surface area contributed by atoms with E-state index in [1.807, 2.05) is 13.8 Å². The van der Waals surface area contributed by atoms with Gasteiger partial charge < -0.3 is 10.0 Å². The van der Waals surface area contributed by atoms with E-state index < -0.39 is 0 Å². The van der Waals surface area contributed by atoms with Crippen LogP contribution in [0.3, 0.4) is 0 Å². The molecular weight excluding hydrogens is 250 g/mol. The van der Waals surface area contributed by atoms with Crippen molar-refractivity contribution >= 4 is 17.4 Å². The van der Waals surface area contributed by atoms with Crippen molar-refractivity contribution in [2.24, 2.45) is 0 Å². The fourth-order valence-electron chi connectivity index (χ4n) is 2.14. The normalized spacial score (nSPS) is 11.1. The summed E-state index contributed by atoms with van der Waals surface area (Å²) in [5, 5.41) is 17.9. The first-order valence-corrected chi connectivity index (χ1v) is 6.81. The SMILES string of the molecule is CCC(CC)N(CCO)c1nnc(Cl)c(C)c1C. The number of aliphatic hydroxyl groups excluding tert-OH is 1. The van der Waals surface area contributed by atoms with E-state index in [-0.39, 0.29) is 6.61 Å². The van der Waals surface area contributed by atoms with Gasteiger partial charge in [-0.1, -0.05) is 25.4 Å². The van der Waals surface area contributed by atoms with Crippen LogP contribution < -0.4 is 4.90 Å². The van der Waals surface area contributed by atoms with E-state index in [1.165, 1.54) is 0 Å². The molecule has 1 heterocycles. The molecule has 18 heavy (non-hydrogen) atoms. The first-order chi connectivity index (χ1) is 8.56. The van der Waals surface area contributed by atoms with Gasteiger partial charge in [-0.05, 0) is 37.8 Å². The van der Waals surface area contributed by atoms with Crippen LogP contribution in [-0.2, 0) is 0 Å². The molecule has 0 fully saturated rings. The Kier molecular flexibility index (Phi) is 5.82. The van der Waals surface area contributed by atoms with Crippen molar-refractivity contribution in [2.45, 2.75) is 46.6 Å². The van der Waals surface area contributed by atoms with Crippen LogP contribution in [-0.4, -0.2) is 34.5 Å². The largest absolute Gasteiger partial charge is 0.395 e. The van der Waals surface area contributed by atoms with Gasteiger partial charge in [0.25, 0.3) is 0 Å². The molecule has 0 saturated heterocycles. The lowest BCUT2D eigenvalue weighted by Gasteiger charge is -2.32. The van der Waals surface area contributed by atoms with Crippen LogP contribution in [0.25, 0.3) is 0 Å². The average molecular weight is 272 g/mol. The number of aliphatic hydroxyl groups is 1. The molecular formula is C13H22ClN3O. The molecule has 0 bridgehead atoms. The monoisotopic (exact) mass is 271 g/mol. The van der Waals surface area contributed by atoms with Gasteiger partial charge in [-0.3, -0.25) is 0 Å². The van der Waals surface area contributed by atoms with Crippen molar-refractivity contribution in [3.8, 4) is 0 Å². The Balaban J connectivity index is 3.17. The summed E-state index contributed by atoms with van der Waals surface area (Å²) in [4.78, 5) is 2.13. The Morgan fingerprint density at radius 1 is 1.17 bits per heavy atom.